The average molecular weight is 406 g/mol. The number of nitrogens with one attached hydrogen (secondary N) is 1. The summed E-state index contributed by atoms with van der Waals surface area (Å²) in [4.78, 5) is 16.8. The number of nitrogens with zero attached hydrogens (tertiary/aromatic N) is 1. The van der Waals surface area contributed by atoms with Crippen molar-refractivity contribution in [1.82, 2.24) is 4.98 Å². The maximum absolute atomic E-state index is 14.1. The van der Waals surface area contributed by atoms with E-state index in [-0.39, 0.29) is 21.2 Å². The van der Waals surface area contributed by atoms with Crippen molar-refractivity contribution < 1.29 is 17.6 Å². The van der Waals surface area contributed by atoms with Gasteiger partial charge in [0.1, 0.15) is 16.5 Å². The fourth-order valence-corrected chi connectivity index (χ4v) is 3.80. The van der Waals surface area contributed by atoms with E-state index in [1.165, 1.54) is 36.4 Å². The molecule has 0 aliphatic carbocycles. The summed E-state index contributed by atoms with van der Waals surface area (Å²) in [5.74, 6) is -1.18. The Morgan fingerprint density at radius 3 is 2.44 bits per heavy atom. The van der Waals surface area contributed by atoms with Crippen molar-refractivity contribution >= 4 is 43.8 Å². The third-order valence-electron chi connectivity index (χ3n) is 3.74. The Hall–Kier alpha value is -2.82. The van der Waals surface area contributed by atoms with Crippen molar-refractivity contribution in [3.8, 4) is 0 Å². The Morgan fingerprint density at radius 1 is 1.19 bits per heavy atom. The minimum Gasteiger partial charge on any atom is -0.382 e. The highest BCUT2D eigenvalue weighted by Gasteiger charge is 2.22. The molecule has 0 amide bonds. The molecule has 1 aromatic heterocycles. The number of sulfonamides is 1. The van der Waals surface area contributed by atoms with Crippen LogP contribution in [0, 0.1) is 12.7 Å². The van der Waals surface area contributed by atoms with Crippen molar-refractivity contribution in [2.24, 2.45) is 5.14 Å². The van der Waals surface area contributed by atoms with Gasteiger partial charge in [-0.1, -0.05) is 23.5 Å². The van der Waals surface area contributed by atoms with Gasteiger partial charge in [0, 0.05) is 5.69 Å². The van der Waals surface area contributed by atoms with Crippen molar-refractivity contribution in [2.75, 3.05) is 11.1 Å². The van der Waals surface area contributed by atoms with Gasteiger partial charge in [0.25, 0.3) is 0 Å². The van der Waals surface area contributed by atoms with Crippen LogP contribution in [0.1, 0.15) is 20.8 Å². The van der Waals surface area contributed by atoms with Crippen LogP contribution in [0.3, 0.4) is 0 Å². The number of nitrogen functional groups attached to an aromatic ring is 1. The maximum Gasteiger partial charge on any atom is 0.238 e. The first kappa shape index (κ1) is 19.0. The van der Waals surface area contributed by atoms with Crippen LogP contribution in [-0.4, -0.2) is 19.2 Å². The van der Waals surface area contributed by atoms with E-state index in [0.29, 0.717) is 16.4 Å². The van der Waals surface area contributed by atoms with Gasteiger partial charge in [-0.05, 0) is 42.8 Å². The summed E-state index contributed by atoms with van der Waals surface area (Å²) in [6, 6.07) is 10.0. The van der Waals surface area contributed by atoms with Crippen molar-refractivity contribution in [3.63, 3.8) is 0 Å². The maximum atomic E-state index is 14.1. The van der Waals surface area contributed by atoms with E-state index in [9.17, 15) is 17.6 Å². The van der Waals surface area contributed by atoms with Gasteiger partial charge < -0.3 is 11.1 Å². The van der Waals surface area contributed by atoms with Gasteiger partial charge in [-0.2, -0.15) is 0 Å². The van der Waals surface area contributed by atoms with Crippen molar-refractivity contribution in [3.05, 3.63) is 64.3 Å². The van der Waals surface area contributed by atoms with Crippen LogP contribution in [0.5, 0.6) is 0 Å². The number of hydrogen-bond donors (Lipinski definition) is 3. The molecule has 3 aromatic rings. The molecule has 0 unspecified atom stereocenters. The molecule has 1 heterocycles. The molecule has 0 aliphatic heterocycles. The molecule has 2 aromatic carbocycles. The molecular weight excluding hydrogens is 391 g/mol. The summed E-state index contributed by atoms with van der Waals surface area (Å²) in [5.41, 5.74) is 6.82. The lowest BCUT2D eigenvalue weighted by Gasteiger charge is -2.05. The van der Waals surface area contributed by atoms with Crippen LogP contribution in [0.25, 0.3) is 0 Å². The van der Waals surface area contributed by atoms with E-state index < -0.39 is 21.6 Å². The lowest BCUT2D eigenvalue weighted by molar-refractivity contribution is 0.103. The summed E-state index contributed by atoms with van der Waals surface area (Å²) < 4.78 is 36.6. The summed E-state index contributed by atoms with van der Waals surface area (Å²) >= 11 is 0.978. The first-order chi connectivity index (χ1) is 12.7. The molecule has 0 aliphatic rings. The molecular formula is C17H15FN4O3S2. The standard InChI is InChI=1S/C17H15FN4O3S2/c1-9-3-2-4-12(18)13(9)14(23)15-16(19)22-17(26-15)21-10-5-7-11(8-6-10)27(20,24)25/h2-8H,19H2,1H3,(H,21,22)(H2,20,24,25). The molecule has 0 fully saturated rings. The van der Waals surface area contributed by atoms with Crippen LogP contribution in [0.15, 0.2) is 47.4 Å². The van der Waals surface area contributed by atoms with Gasteiger partial charge >= 0.3 is 0 Å². The Bertz CT molecular complexity index is 1110. The third kappa shape index (κ3) is 3.97. The van der Waals surface area contributed by atoms with Crippen molar-refractivity contribution in [2.45, 2.75) is 11.8 Å². The number of thiazole rings is 1. The van der Waals surface area contributed by atoms with E-state index in [0.717, 1.165) is 11.3 Å². The highest BCUT2D eigenvalue weighted by atomic mass is 32.2. The fourth-order valence-electron chi connectivity index (χ4n) is 2.43. The van der Waals surface area contributed by atoms with Crippen molar-refractivity contribution in [1.29, 1.82) is 0 Å². The van der Waals surface area contributed by atoms with Gasteiger partial charge in [0.2, 0.25) is 15.8 Å². The number of halogens is 1. The number of nitrogens with two attached hydrogens (primary N) is 2. The molecule has 0 saturated heterocycles. The molecule has 0 atom stereocenters. The lowest BCUT2D eigenvalue weighted by atomic mass is 10.0. The minimum absolute atomic E-state index is 0.0173. The number of carbonyl (C=O) groups excluding carboxylic acids is 1. The number of aromatic nitrogens is 1. The number of aryl methyl sites for hydroxylation is 1. The molecule has 0 spiro atoms. The molecule has 3 rings (SSSR count). The molecule has 10 heteroatoms. The van der Waals surface area contributed by atoms with Crippen LogP contribution in [0.2, 0.25) is 0 Å². The lowest BCUT2D eigenvalue weighted by Crippen LogP contribution is -2.11. The smallest absolute Gasteiger partial charge is 0.238 e. The Balaban J connectivity index is 1.88. The van der Waals surface area contributed by atoms with E-state index >= 15 is 0 Å². The van der Waals surface area contributed by atoms with E-state index in [1.54, 1.807) is 13.0 Å². The molecule has 5 N–H and O–H groups in total. The number of carbonyl (C=O) groups is 1. The van der Waals surface area contributed by atoms with Crippen LogP contribution < -0.4 is 16.2 Å². The monoisotopic (exact) mass is 406 g/mol. The summed E-state index contributed by atoms with van der Waals surface area (Å²) in [6.07, 6.45) is 0. The number of hydrogen-bond acceptors (Lipinski definition) is 7. The highest BCUT2D eigenvalue weighted by molar-refractivity contribution is 7.89. The third-order valence-corrected chi connectivity index (χ3v) is 5.66. The topological polar surface area (TPSA) is 128 Å². The molecule has 27 heavy (non-hydrogen) atoms. The summed E-state index contributed by atoms with van der Waals surface area (Å²) in [5, 5.41) is 8.29. The quantitative estimate of drug-likeness (QED) is 0.559. The molecule has 0 radical (unpaired) electrons. The second kappa shape index (κ2) is 7.06. The Morgan fingerprint density at radius 2 is 1.85 bits per heavy atom. The minimum atomic E-state index is -3.79. The SMILES string of the molecule is Cc1cccc(F)c1C(=O)c1sc(Nc2ccc(S(N)(=O)=O)cc2)nc1N. The zero-order chi connectivity index (χ0) is 19.8. The predicted octanol–water partition coefficient (Wildman–Crippen LogP) is 2.79. The van der Waals surface area contributed by atoms with Gasteiger partial charge in [-0.25, -0.2) is 22.9 Å². The average Bonchev–Trinajstić information content (AvgIpc) is 2.94. The number of ketones is 1. The van der Waals surface area contributed by atoms with E-state index in [2.05, 4.69) is 10.3 Å². The van der Waals surface area contributed by atoms with Gasteiger partial charge in [0.05, 0.1) is 10.5 Å². The largest absolute Gasteiger partial charge is 0.382 e. The van der Waals surface area contributed by atoms with Crippen LogP contribution in [0.4, 0.5) is 21.0 Å². The molecule has 0 bridgehead atoms. The van der Waals surface area contributed by atoms with Gasteiger partial charge in [0.15, 0.2) is 5.13 Å². The van der Waals surface area contributed by atoms with Gasteiger partial charge in [-0.15, -0.1) is 0 Å². The number of primary sulfonamides is 1. The fraction of sp³-hybridized carbons (Fsp3) is 0.0588. The molecule has 0 saturated carbocycles. The Kier molecular flexibility index (Phi) is 4.96. The number of anilines is 3. The summed E-state index contributed by atoms with van der Waals surface area (Å²) in [6.45, 7) is 1.64. The first-order valence-electron chi connectivity index (χ1n) is 7.63. The van der Waals surface area contributed by atoms with Crippen LogP contribution >= 0.6 is 11.3 Å². The second-order valence-electron chi connectivity index (χ2n) is 5.69. The predicted molar refractivity (Wildman–Crippen MR) is 102 cm³/mol. The zero-order valence-corrected chi connectivity index (χ0v) is 15.7. The highest BCUT2D eigenvalue weighted by Crippen LogP contribution is 2.31. The number of benzene rings is 2. The molecule has 7 nitrogen and oxygen atoms in total. The number of rotatable bonds is 5. The molecule has 140 valence electrons. The first-order valence-corrected chi connectivity index (χ1v) is 9.99. The zero-order valence-electron chi connectivity index (χ0n) is 14.1. The normalized spacial score (nSPS) is 11.4. The Labute approximate surface area is 158 Å². The van der Waals surface area contributed by atoms with E-state index in [1.807, 2.05) is 0 Å². The van der Waals surface area contributed by atoms with E-state index in [4.69, 9.17) is 10.9 Å². The second-order valence-corrected chi connectivity index (χ2v) is 8.25. The summed E-state index contributed by atoms with van der Waals surface area (Å²) in [7, 11) is -3.79. The van der Waals surface area contributed by atoms with Gasteiger partial charge in [-0.3, -0.25) is 4.79 Å². The van der Waals surface area contributed by atoms with Crippen LogP contribution in [-0.2, 0) is 10.0 Å².